The summed E-state index contributed by atoms with van der Waals surface area (Å²) < 4.78 is 0. The number of hydrogen-bond acceptors (Lipinski definition) is 9. The molecule has 0 spiro atoms. The molecule has 0 heterocycles. The maximum atomic E-state index is 10.7. The Bertz CT molecular complexity index is 349. The first kappa shape index (κ1) is 29.8. The van der Waals surface area contributed by atoms with E-state index in [0.717, 1.165) is 0 Å². The van der Waals surface area contributed by atoms with Crippen LogP contribution in [0.4, 0.5) is 0 Å². The molecule has 1 atom stereocenters. The molecule has 9 nitrogen and oxygen atoms in total. The number of aliphatic carboxylic acids is 4. The number of carboxylic acid groups (broad SMARTS) is 4. The van der Waals surface area contributed by atoms with Gasteiger partial charge in [0.2, 0.25) is 0 Å². The smallest absolute Gasteiger partial charge is 0.550 e. The van der Waals surface area contributed by atoms with Crippen molar-refractivity contribution in [3.05, 3.63) is 0 Å². The van der Waals surface area contributed by atoms with E-state index in [4.69, 9.17) is 0 Å². The fraction of sp³-hybridized carbons (Fsp3) is 0.556. The summed E-state index contributed by atoms with van der Waals surface area (Å²) in [6.07, 6.45) is -1.24. The average Bonchev–Trinajstić information content (AvgIpc) is 2.14. The van der Waals surface area contributed by atoms with Gasteiger partial charge in [0.05, 0.1) is 23.9 Å². The van der Waals surface area contributed by atoms with Gasteiger partial charge in [0, 0.05) is 19.1 Å². The molecule has 102 valence electrons. The third-order valence-corrected chi connectivity index (χ3v) is 2.00. The second-order valence-corrected chi connectivity index (χ2v) is 3.39. The van der Waals surface area contributed by atoms with Crippen LogP contribution in [-0.2, 0) is 19.2 Å². The van der Waals surface area contributed by atoms with Gasteiger partial charge in [0.1, 0.15) is 0 Å². The molecule has 0 saturated carbocycles. The zero-order chi connectivity index (χ0) is 14.3. The molecule has 0 amide bonds. The maximum absolute atomic E-state index is 10.7. The fourth-order valence-electron chi connectivity index (χ4n) is 1.31. The van der Waals surface area contributed by atoms with Crippen LogP contribution in [0.15, 0.2) is 0 Å². The van der Waals surface area contributed by atoms with Gasteiger partial charge in [-0.25, -0.2) is 0 Å². The van der Waals surface area contributed by atoms with Crippen molar-refractivity contribution in [1.29, 1.82) is 0 Å². The molecule has 0 aromatic carbocycles. The predicted molar refractivity (Wildman–Crippen MR) is 44.6 cm³/mol. The third-order valence-electron chi connectivity index (χ3n) is 2.00. The Morgan fingerprint density at radius 3 is 1.38 bits per heavy atom. The van der Waals surface area contributed by atoms with E-state index >= 15 is 0 Å². The van der Waals surface area contributed by atoms with E-state index in [0.29, 0.717) is 4.90 Å². The van der Waals surface area contributed by atoms with Gasteiger partial charge in [-0.3, -0.25) is 4.90 Å². The van der Waals surface area contributed by atoms with Crippen LogP contribution in [0.5, 0.6) is 0 Å². The van der Waals surface area contributed by atoms with E-state index in [1.54, 1.807) is 0 Å². The second-order valence-electron chi connectivity index (χ2n) is 3.39. The normalized spacial score (nSPS) is 10.3. The van der Waals surface area contributed by atoms with Crippen molar-refractivity contribution in [2.75, 3.05) is 13.1 Å². The van der Waals surface area contributed by atoms with Gasteiger partial charge in [-0.1, -0.05) is 0 Å². The molecule has 0 radical (unpaired) electrons. The Labute approximate surface area is 186 Å². The molecular formula is C9H9NNa3O8-. The van der Waals surface area contributed by atoms with E-state index in [1.807, 2.05) is 0 Å². The Balaban J connectivity index is -0.000000482. The van der Waals surface area contributed by atoms with Crippen LogP contribution in [0.1, 0.15) is 12.8 Å². The molecule has 0 aliphatic heterocycles. The Morgan fingerprint density at radius 2 is 1.14 bits per heavy atom. The van der Waals surface area contributed by atoms with Crippen molar-refractivity contribution in [1.82, 2.24) is 4.90 Å². The van der Waals surface area contributed by atoms with Crippen molar-refractivity contribution in [2.24, 2.45) is 0 Å². The maximum Gasteiger partial charge on any atom is 1.00 e. The van der Waals surface area contributed by atoms with Gasteiger partial charge in [0.25, 0.3) is 0 Å². The van der Waals surface area contributed by atoms with E-state index < -0.39 is 55.9 Å². The van der Waals surface area contributed by atoms with E-state index in [9.17, 15) is 39.6 Å². The largest absolute Gasteiger partial charge is 1.00 e. The van der Waals surface area contributed by atoms with E-state index in [2.05, 4.69) is 0 Å². The summed E-state index contributed by atoms with van der Waals surface area (Å²) in [5, 5.41) is 41.6. The molecule has 0 N–H and O–H groups in total. The summed E-state index contributed by atoms with van der Waals surface area (Å²) >= 11 is 0. The van der Waals surface area contributed by atoms with Crippen LogP contribution in [-0.4, -0.2) is 47.9 Å². The Hall–Kier alpha value is 0.840. The van der Waals surface area contributed by atoms with Crippen molar-refractivity contribution in [3.8, 4) is 0 Å². The molecule has 0 aromatic rings. The minimum atomic E-state index is -1.79. The summed E-state index contributed by atoms with van der Waals surface area (Å²) in [7, 11) is 0. The summed E-state index contributed by atoms with van der Waals surface area (Å²) in [6.45, 7) is -2.00. The monoisotopic (exact) mass is 328 g/mol. The first-order chi connectivity index (χ1) is 8.23. The van der Waals surface area contributed by atoms with Crippen LogP contribution < -0.4 is 109 Å². The van der Waals surface area contributed by atoms with Crippen molar-refractivity contribution < 1.29 is 128 Å². The van der Waals surface area contributed by atoms with E-state index in [1.165, 1.54) is 0 Å². The summed E-state index contributed by atoms with van der Waals surface area (Å²) in [4.78, 5) is 42.1. The van der Waals surface area contributed by atoms with Crippen LogP contribution in [0.25, 0.3) is 0 Å². The van der Waals surface area contributed by atoms with E-state index in [-0.39, 0.29) is 88.7 Å². The molecule has 0 fully saturated rings. The molecule has 0 bridgehead atoms. The van der Waals surface area contributed by atoms with Gasteiger partial charge in [0.15, 0.2) is 0 Å². The van der Waals surface area contributed by atoms with Gasteiger partial charge in [-0.15, -0.1) is 0 Å². The molecule has 0 saturated heterocycles. The van der Waals surface area contributed by atoms with Gasteiger partial charge in [-0.05, 0) is 12.8 Å². The number of nitrogens with zero attached hydrogens (tertiary/aromatic N) is 1. The summed E-state index contributed by atoms with van der Waals surface area (Å²) in [5.74, 6) is -6.77. The molecule has 0 rings (SSSR count). The summed E-state index contributed by atoms with van der Waals surface area (Å²) in [5.41, 5.74) is 0. The fourth-order valence-corrected chi connectivity index (χ4v) is 1.31. The molecule has 0 aromatic heterocycles. The minimum Gasteiger partial charge on any atom is -0.550 e. The number of carbonyl (C=O) groups excluding carboxylic acids is 4. The number of carboxylic acids is 4. The van der Waals surface area contributed by atoms with Crippen LogP contribution in [0.2, 0.25) is 0 Å². The molecule has 0 aliphatic carbocycles. The van der Waals surface area contributed by atoms with Crippen LogP contribution in [0.3, 0.4) is 0 Å². The number of hydrogen-bond donors (Lipinski definition) is 0. The van der Waals surface area contributed by atoms with Crippen molar-refractivity contribution in [2.45, 2.75) is 18.9 Å². The van der Waals surface area contributed by atoms with Gasteiger partial charge < -0.3 is 39.6 Å². The minimum absolute atomic E-state index is 0. The number of rotatable bonds is 9. The predicted octanol–water partition coefficient (Wildman–Crippen LogP) is -15.6. The van der Waals surface area contributed by atoms with Gasteiger partial charge in [-0.2, -0.15) is 0 Å². The topological polar surface area (TPSA) is 164 Å². The number of carbonyl (C=O) groups is 4. The Morgan fingerprint density at radius 1 is 0.762 bits per heavy atom. The second kappa shape index (κ2) is 15.7. The SMILES string of the molecule is O=C([O-])CC[C@@H](C(=O)[O-])N(CC(=O)[O-])CC(=O)[O-].[Na+].[Na+].[Na+]. The average molecular weight is 328 g/mol. The molecule has 21 heavy (non-hydrogen) atoms. The zero-order valence-electron chi connectivity index (χ0n) is 12.1. The first-order valence-electron chi connectivity index (χ1n) is 4.78. The summed E-state index contributed by atoms with van der Waals surface area (Å²) in [6, 6.07) is -1.70. The third kappa shape index (κ3) is 15.5. The van der Waals surface area contributed by atoms with Crippen LogP contribution in [0, 0.1) is 0 Å². The molecule has 12 heteroatoms. The first-order valence-corrected chi connectivity index (χ1v) is 4.78. The quantitative estimate of drug-likeness (QED) is 0.374. The molecule has 0 aliphatic rings. The van der Waals surface area contributed by atoms with Crippen molar-refractivity contribution >= 4 is 23.9 Å². The zero-order valence-corrected chi connectivity index (χ0v) is 18.1. The van der Waals surface area contributed by atoms with Crippen LogP contribution >= 0.6 is 0 Å². The molecule has 0 unspecified atom stereocenters. The standard InChI is InChI=1S/C9H13NO8.3Na/c11-6(12)2-1-5(9(17)18)10(3-7(13)14)4-8(15)16;;;/h5H,1-4H2,(H,11,12)(H,13,14)(H,15,16)(H,17,18);;;/q;3*+1/p-4/t5-;;;/m0.../s1. The van der Waals surface area contributed by atoms with Gasteiger partial charge >= 0.3 is 88.7 Å². The Kier molecular flexibility index (Phi) is 22.3. The molecular weight excluding hydrogens is 319 g/mol. The van der Waals surface area contributed by atoms with Crippen molar-refractivity contribution in [3.63, 3.8) is 0 Å².